The van der Waals surface area contributed by atoms with Crippen molar-refractivity contribution in [3.63, 3.8) is 0 Å². The molecule has 2 aliphatic rings. The van der Waals surface area contributed by atoms with Gasteiger partial charge in [-0.1, -0.05) is 13.3 Å². The molecular formula is C17H25N5. The van der Waals surface area contributed by atoms with Gasteiger partial charge in [0.15, 0.2) is 0 Å². The number of nitrogens with one attached hydrogen (secondary N) is 1. The molecule has 2 aromatic rings. The van der Waals surface area contributed by atoms with E-state index in [1.54, 1.807) is 6.33 Å². The van der Waals surface area contributed by atoms with E-state index in [0.717, 1.165) is 16.9 Å². The molecule has 0 radical (unpaired) electrons. The summed E-state index contributed by atoms with van der Waals surface area (Å²) >= 11 is 0. The Balaban J connectivity index is 1.60. The van der Waals surface area contributed by atoms with Gasteiger partial charge in [0, 0.05) is 37.8 Å². The maximum absolute atomic E-state index is 4.58. The number of hydrogen-bond acceptors (Lipinski definition) is 4. The van der Waals surface area contributed by atoms with E-state index in [9.17, 15) is 0 Å². The van der Waals surface area contributed by atoms with Crippen LogP contribution in [0, 0.1) is 5.41 Å². The molecule has 3 heterocycles. The van der Waals surface area contributed by atoms with Gasteiger partial charge >= 0.3 is 0 Å². The van der Waals surface area contributed by atoms with Crippen LogP contribution in [0.15, 0.2) is 18.6 Å². The fourth-order valence-electron chi connectivity index (χ4n) is 4.08. The highest BCUT2D eigenvalue weighted by Crippen LogP contribution is 2.55. The van der Waals surface area contributed by atoms with Crippen LogP contribution < -0.4 is 4.90 Å². The molecule has 2 aromatic heterocycles. The second-order valence-corrected chi connectivity index (χ2v) is 7.01. The van der Waals surface area contributed by atoms with Crippen molar-refractivity contribution in [1.29, 1.82) is 0 Å². The molecule has 22 heavy (non-hydrogen) atoms. The Morgan fingerprint density at radius 2 is 2.27 bits per heavy atom. The number of hydrogen-bond donors (Lipinski definition) is 1. The van der Waals surface area contributed by atoms with E-state index in [1.807, 2.05) is 6.20 Å². The third-order valence-corrected chi connectivity index (χ3v) is 5.53. The molecule has 1 saturated heterocycles. The van der Waals surface area contributed by atoms with Crippen LogP contribution in [-0.2, 0) is 0 Å². The standard InChI is InChI=1S/C17H25N5/c1-3-4-9-22-10-14(17(11-22)6-7-17)21(2)16-13-5-8-18-15(13)19-12-20-16/h5,8,12,14H,3-4,6-7,9-11H2,1-2H3,(H,18,19,20)/t14-/m0/s1. The van der Waals surface area contributed by atoms with Gasteiger partial charge in [0.05, 0.1) is 5.39 Å². The molecule has 1 spiro atoms. The number of likely N-dealkylation sites (N-methyl/N-ethyl adjacent to an activating group) is 1. The molecular weight excluding hydrogens is 274 g/mol. The normalized spacial score (nSPS) is 23.5. The Labute approximate surface area is 131 Å². The number of H-pyrrole nitrogens is 1. The molecule has 1 atom stereocenters. The Bertz CT molecular complexity index is 660. The van der Waals surface area contributed by atoms with E-state index in [1.165, 1.54) is 45.3 Å². The lowest BCUT2D eigenvalue weighted by molar-refractivity contribution is 0.314. The molecule has 1 saturated carbocycles. The van der Waals surface area contributed by atoms with Crippen molar-refractivity contribution in [3.8, 4) is 0 Å². The van der Waals surface area contributed by atoms with E-state index in [-0.39, 0.29) is 0 Å². The third kappa shape index (κ3) is 2.19. The topological polar surface area (TPSA) is 48.1 Å². The first-order valence-corrected chi connectivity index (χ1v) is 8.47. The summed E-state index contributed by atoms with van der Waals surface area (Å²) in [5.41, 5.74) is 1.44. The van der Waals surface area contributed by atoms with Crippen molar-refractivity contribution in [2.24, 2.45) is 5.41 Å². The number of nitrogens with zero attached hydrogens (tertiary/aromatic N) is 4. The molecule has 0 amide bonds. The zero-order chi connectivity index (χ0) is 15.2. The smallest absolute Gasteiger partial charge is 0.142 e. The third-order valence-electron chi connectivity index (χ3n) is 5.53. The lowest BCUT2D eigenvalue weighted by Crippen LogP contribution is -2.40. The summed E-state index contributed by atoms with van der Waals surface area (Å²) in [6.45, 7) is 5.96. The van der Waals surface area contributed by atoms with Crippen LogP contribution in [0.3, 0.4) is 0 Å². The molecule has 5 nitrogen and oxygen atoms in total. The maximum atomic E-state index is 4.58. The quantitative estimate of drug-likeness (QED) is 0.922. The molecule has 0 aromatic carbocycles. The average molecular weight is 299 g/mol. The molecule has 5 heteroatoms. The average Bonchev–Trinajstić information content (AvgIpc) is 2.98. The van der Waals surface area contributed by atoms with Crippen LogP contribution in [0.25, 0.3) is 11.0 Å². The van der Waals surface area contributed by atoms with E-state index in [4.69, 9.17) is 0 Å². The minimum Gasteiger partial charge on any atom is -0.354 e. The second kappa shape index (κ2) is 5.23. The number of unbranched alkanes of at least 4 members (excludes halogenated alkanes) is 1. The highest BCUT2D eigenvalue weighted by atomic mass is 15.3. The number of rotatable bonds is 5. The zero-order valence-electron chi connectivity index (χ0n) is 13.5. The van der Waals surface area contributed by atoms with E-state index in [0.29, 0.717) is 11.5 Å². The van der Waals surface area contributed by atoms with Gasteiger partial charge in [0.25, 0.3) is 0 Å². The number of aromatic amines is 1. The van der Waals surface area contributed by atoms with Gasteiger partial charge in [-0.25, -0.2) is 9.97 Å². The number of aromatic nitrogens is 3. The van der Waals surface area contributed by atoms with Crippen LogP contribution in [0.4, 0.5) is 5.82 Å². The monoisotopic (exact) mass is 299 g/mol. The fourth-order valence-corrected chi connectivity index (χ4v) is 4.08. The lowest BCUT2D eigenvalue weighted by atomic mass is 9.99. The first-order valence-electron chi connectivity index (χ1n) is 8.47. The minimum atomic E-state index is 0.510. The van der Waals surface area contributed by atoms with Gasteiger partial charge in [0.2, 0.25) is 0 Å². The van der Waals surface area contributed by atoms with Crippen LogP contribution >= 0.6 is 0 Å². The van der Waals surface area contributed by atoms with Crippen LogP contribution in [0.5, 0.6) is 0 Å². The molecule has 0 bridgehead atoms. The maximum Gasteiger partial charge on any atom is 0.142 e. The Morgan fingerprint density at radius 1 is 1.41 bits per heavy atom. The summed E-state index contributed by atoms with van der Waals surface area (Å²) < 4.78 is 0. The van der Waals surface area contributed by atoms with Gasteiger partial charge in [-0.15, -0.1) is 0 Å². The predicted octanol–water partition coefficient (Wildman–Crippen LogP) is 2.66. The van der Waals surface area contributed by atoms with Crippen molar-refractivity contribution in [3.05, 3.63) is 18.6 Å². The molecule has 4 rings (SSSR count). The summed E-state index contributed by atoms with van der Waals surface area (Å²) in [6, 6.07) is 2.67. The zero-order valence-corrected chi connectivity index (χ0v) is 13.5. The molecule has 1 N–H and O–H groups in total. The Morgan fingerprint density at radius 3 is 3.05 bits per heavy atom. The van der Waals surface area contributed by atoms with Gasteiger partial charge in [-0.05, 0) is 31.9 Å². The van der Waals surface area contributed by atoms with Crippen LogP contribution in [0.1, 0.15) is 32.6 Å². The Kier molecular flexibility index (Phi) is 3.33. The molecule has 2 fully saturated rings. The summed E-state index contributed by atoms with van der Waals surface area (Å²) in [6.07, 6.45) is 8.94. The van der Waals surface area contributed by atoms with Crippen molar-refractivity contribution < 1.29 is 0 Å². The largest absolute Gasteiger partial charge is 0.354 e. The first-order chi connectivity index (χ1) is 10.7. The molecule has 1 aliphatic heterocycles. The van der Waals surface area contributed by atoms with Crippen LogP contribution in [-0.4, -0.2) is 52.6 Å². The molecule has 1 aliphatic carbocycles. The highest BCUT2D eigenvalue weighted by Gasteiger charge is 2.56. The minimum absolute atomic E-state index is 0.510. The number of fused-ring (bicyclic) bond motifs is 1. The molecule has 118 valence electrons. The van der Waals surface area contributed by atoms with Crippen LogP contribution in [0.2, 0.25) is 0 Å². The first kappa shape index (κ1) is 14.0. The lowest BCUT2D eigenvalue weighted by Gasteiger charge is -2.30. The van der Waals surface area contributed by atoms with Crippen molar-refractivity contribution in [2.75, 3.05) is 31.6 Å². The number of likely N-dealkylation sites (tertiary alicyclic amines) is 1. The summed E-state index contributed by atoms with van der Waals surface area (Å²) in [5, 5.41) is 1.13. The van der Waals surface area contributed by atoms with Gasteiger partial charge in [-0.2, -0.15) is 0 Å². The summed E-state index contributed by atoms with van der Waals surface area (Å²) in [4.78, 5) is 17.2. The van der Waals surface area contributed by atoms with Gasteiger partial charge in [-0.3, -0.25) is 0 Å². The van der Waals surface area contributed by atoms with E-state index >= 15 is 0 Å². The summed E-state index contributed by atoms with van der Waals surface area (Å²) in [5.74, 6) is 1.07. The predicted molar refractivity (Wildman–Crippen MR) is 89.1 cm³/mol. The van der Waals surface area contributed by atoms with E-state index in [2.05, 4.69) is 44.8 Å². The highest BCUT2D eigenvalue weighted by molar-refractivity contribution is 5.87. The molecule has 0 unspecified atom stereocenters. The van der Waals surface area contributed by atoms with E-state index < -0.39 is 0 Å². The number of anilines is 1. The van der Waals surface area contributed by atoms with Crippen molar-refractivity contribution in [2.45, 2.75) is 38.6 Å². The van der Waals surface area contributed by atoms with Gasteiger partial charge in [0.1, 0.15) is 17.8 Å². The second-order valence-electron chi connectivity index (χ2n) is 7.01. The van der Waals surface area contributed by atoms with Gasteiger partial charge < -0.3 is 14.8 Å². The van der Waals surface area contributed by atoms with Crippen molar-refractivity contribution >= 4 is 16.9 Å². The Hall–Kier alpha value is -1.62. The summed E-state index contributed by atoms with van der Waals surface area (Å²) in [7, 11) is 2.21. The SMILES string of the molecule is CCCCN1C[C@H](N(C)c2ncnc3[nH]ccc23)C2(CC2)C1. The fraction of sp³-hybridized carbons (Fsp3) is 0.647. The van der Waals surface area contributed by atoms with Crippen molar-refractivity contribution in [1.82, 2.24) is 19.9 Å².